The third-order valence-corrected chi connectivity index (χ3v) is 3.85. The Morgan fingerprint density at radius 3 is 2.67 bits per heavy atom. The molecule has 2 aliphatic rings. The van der Waals surface area contributed by atoms with E-state index in [0.717, 1.165) is 12.8 Å². The molecule has 0 radical (unpaired) electrons. The lowest BCUT2D eigenvalue weighted by atomic mass is 10.0. The number of hydrogen-bond acceptors (Lipinski definition) is 3. The molecular weight excluding hydrogens is 232 g/mol. The van der Waals surface area contributed by atoms with Gasteiger partial charge in [0.05, 0.1) is 18.6 Å². The molecule has 18 heavy (non-hydrogen) atoms. The molecule has 2 rings (SSSR count). The SMILES string of the molecule is CC(C)C(CO)NC(=O)C1CC(=O)N(C2CC2)C1. The van der Waals surface area contributed by atoms with Crippen LogP contribution < -0.4 is 5.32 Å². The minimum Gasteiger partial charge on any atom is -0.394 e. The van der Waals surface area contributed by atoms with Gasteiger partial charge in [-0.3, -0.25) is 9.59 Å². The molecule has 2 N–H and O–H groups in total. The van der Waals surface area contributed by atoms with Gasteiger partial charge in [-0.2, -0.15) is 0 Å². The van der Waals surface area contributed by atoms with Crippen LogP contribution in [0.5, 0.6) is 0 Å². The van der Waals surface area contributed by atoms with Crippen LogP contribution in [0.3, 0.4) is 0 Å². The first-order valence-electron chi connectivity index (χ1n) is 6.73. The maximum absolute atomic E-state index is 12.1. The molecule has 2 unspecified atom stereocenters. The third-order valence-electron chi connectivity index (χ3n) is 3.85. The fourth-order valence-corrected chi connectivity index (χ4v) is 2.37. The van der Waals surface area contributed by atoms with Gasteiger partial charge in [0.2, 0.25) is 11.8 Å². The third kappa shape index (κ3) is 2.83. The standard InChI is InChI=1S/C13H22N2O3/c1-8(2)11(7-16)14-13(18)9-5-12(17)15(6-9)10-3-4-10/h8-11,16H,3-7H2,1-2H3,(H,14,18). The maximum Gasteiger partial charge on any atom is 0.225 e. The van der Waals surface area contributed by atoms with E-state index >= 15 is 0 Å². The van der Waals surface area contributed by atoms with Crippen molar-refractivity contribution < 1.29 is 14.7 Å². The summed E-state index contributed by atoms with van der Waals surface area (Å²) in [6.07, 6.45) is 2.47. The van der Waals surface area contributed by atoms with Crippen LogP contribution in [0.2, 0.25) is 0 Å². The number of likely N-dealkylation sites (tertiary alicyclic amines) is 1. The first-order chi connectivity index (χ1) is 8.52. The van der Waals surface area contributed by atoms with Gasteiger partial charge >= 0.3 is 0 Å². The van der Waals surface area contributed by atoms with Crippen molar-refractivity contribution in [1.29, 1.82) is 0 Å². The first kappa shape index (κ1) is 13.3. The molecule has 2 amide bonds. The topological polar surface area (TPSA) is 69.6 Å². The molecule has 2 fully saturated rings. The van der Waals surface area contributed by atoms with Crippen LogP contribution in [0.1, 0.15) is 33.1 Å². The molecule has 0 spiro atoms. The summed E-state index contributed by atoms with van der Waals surface area (Å²) in [4.78, 5) is 25.6. The molecule has 5 heteroatoms. The zero-order chi connectivity index (χ0) is 13.3. The Kier molecular flexibility index (Phi) is 3.90. The van der Waals surface area contributed by atoms with Gasteiger partial charge in [0.1, 0.15) is 0 Å². The van der Waals surface area contributed by atoms with Crippen molar-refractivity contribution >= 4 is 11.8 Å². The first-order valence-corrected chi connectivity index (χ1v) is 6.73. The lowest BCUT2D eigenvalue weighted by Crippen LogP contribution is -2.44. The van der Waals surface area contributed by atoms with Crippen LogP contribution in [0, 0.1) is 11.8 Å². The Morgan fingerprint density at radius 2 is 2.17 bits per heavy atom. The van der Waals surface area contributed by atoms with E-state index in [0.29, 0.717) is 19.0 Å². The van der Waals surface area contributed by atoms with E-state index in [1.807, 2.05) is 18.7 Å². The van der Waals surface area contributed by atoms with Gasteiger partial charge in [0, 0.05) is 19.0 Å². The van der Waals surface area contributed by atoms with Crippen LogP contribution in [-0.4, -0.2) is 47.1 Å². The van der Waals surface area contributed by atoms with Gasteiger partial charge in [0.15, 0.2) is 0 Å². The zero-order valence-electron chi connectivity index (χ0n) is 11.1. The summed E-state index contributed by atoms with van der Waals surface area (Å²) in [5.41, 5.74) is 0. The number of amides is 2. The van der Waals surface area contributed by atoms with Crippen LogP contribution in [0.25, 0.3) is 0 Å². The van der Waals surface area contributed by atoms with Gasteiger partial charge in [-0.1, -0.05) is 13.8 Å². The summed E-state index contributed by atoms with van der Waals surface area (Å²) < 4.78 is 0. The Morgan fingerprint density at radius 1 is 1.50 bits per heavy atom. The summed E-state index contributed by atoms with van der Waals surface area (Å²) in [5.74, 6) is -0.0523. The fraction of sp³-hybridized carbons (Fsp3) is 0.846. The van der Waals surface area contributed by atoms with Gasteiger partial charge < -0.3 is 15.3 Å². The van der Waals surface area contributed by atoms with E-state index in [-0.39, 0.29) is 36.3 Å². The van der Waals surface area contributed by atoms with E-state index in [1.54, 1.807) is 0 Å². The second kappa shape index (κ2) is 5.26. The van der Waals surface area contributed by atoms with E-state index in [2.05, 4.69) is 5.32 Å². The number of rotatable bonds is 5. The van der Waals surface area contributed by atoms with Crippen molar-refractivity contribution in [2.24, 2.45) is 11.8 Å². The molecule has 0 bridgehead atoms. The Balaban J connectivity index is 1.88. The lowest BCUT2D eigenvalue weighted by Gasteiger charge is -2.22. The van der Waals surface area contributed by atoms with Crippen molar-refractivity contribution in [3.05, 3.63) is 0 Å². The molecule has 0 aromatic carbocycles. The molecule has 1 saturated carbocycles. The average Bonchev–Trinajstić information content (AvgIpc) is 3.08. The van der Waals surface area contributed by atoms with Crippen molar-refractivity contribution in [2.75, 3.05) is 13.2 Å². The van der Waals surface area contributed by atoms with Crippen LogP contribution in [-0.2, 0) is 9.59 Å². The summed E-state index contributed by atoms with van der Waals surface area (Å²) in [5, 5.41) is 12.0. The van der Waals surface area contributed by atoms with Crippen molar-refractivity contribution in [1.82, 2.24) is 10.2 Å². The van der Waals surface area contributed by atoms with Crippen molar-refractivity contribution in [3.8, 4) is 0 Å². The van der Waals surface area contributed by atoms with E-state index in [1.165, 1.54) is 0 Å². The highest BCUT2D eigenvalue weighted by Crippen LogP contribution is 2.32. The average molecular weight is 254 g/mol. The number of aliphatic hydroxyl groups excluding tert-OH is 1. The molecule has 2 atom stereocenters. The van der Waals surface area contributed by atoms with Crippen LogP contribution in [0.15, 0.2) is 0 Å². The molecule has 102 valence electrons. The quantitative estimate of drug-likeness (QED) is 0.732. The van der Waals surface area contributed by atoms with E-state index < -0.39 is 0 Å². The van der Waals surface area contributed by atoms with Crippen LogP contribution >= 0.6 is 0 Å². The highest BCUT2D eigenvalue weighted by Gasteiger charge is 2.42. The molecule has 1 aliphatic carbocycles. The monoisotopic (exact) mass is 254 g/mol. The largest absolute Gasteiger partial charge is 0.394 e. The van der Waals surface area contributed by atoms with Crippen LogP contribution in [0.4, 0.5) is 0 Å². The zero-order valence-corrected chi connectivity index (χ0v) is 11.1. The molecule has 0 aromatic rings. The van der Waals surface area contributed by atoms with Gasteiger partial charge in [-0.05, 0) is 18.8 Å². The molecule has 1 saturated heterocycles. The Bertz CT molecular complexity index is 339. The highest BCUT2D eigenvalue weighted by molar-refractivity contribution is 5.89. The number of carbonyl (C=O) groups excluding carboxylic acids is 2. The number of nitrogens with one attached hydrogen (secondary N) is 1. The number of hydrogen-bond donors (Lipinski definition) is 2. The Labute approximate surface area is 108 Å². The predicted molar refractivity (Wildman–Crippen MR) is 66.7 cm³/mol. The predicted octanol–water partition coefficient (Wildman–Crippen LogP) is 0.130. The molecule has 0 aromatic heterocycles. The summed E-state index contributed by atoms with van der Waals surface area (Å²) in [7, 11) is 0. The summed E-state index contributed by atoms with van der Waals surface area (Å²) >= 11 is 0. The minimum absolute atomic E-state index is 0.0591. The molecular formula is C13H22N2O3. The minimum atomic E-state index is -0.245. The smallest absolute Gasteiger partial charge is 0.225 e. The normalized spacial score (nSPS) is 25.7. The second-order valence-corrected chi connectivity index (χ2v) is 5.72. The highest BCUT2D eigenvalue weighted by atomic mass is 16.3. The summed E-state index contributed by atoms with van der Waals surface area (Å²) in [6, 6.07) is 0.164. The van der Waals surface area contributed by atoms with Crippen molar-refractivity contribution in [2.45, 2.75) is 45.2 Å². The lowest BCUT2D eigenvalue weighted by molar-refractivity contribution is -0.129. The fourth-order valence-electron chi connectivity index (χ4n) is 2.37. The number of nitrogens with zero attached hydrogens (tertiary/aromatic N) is 1. The van der Waals surface area contributed by atoms with Crippen molar-refractivity contribution in [3.63, 3.8) is 0 Å². The maximum atomic E-state index is 12.1. The summed E-state index contributed by atoms with van der Waals surface area (Å²) in [6.45, 7) is 4.40. The molecule has 5 nitrogen and oxygen atoms in total. The second-order valence-electron chi connectivity index (χ2n) is 5.72. The Hall–Kier alpha value is -1.10. The number of aliphatic hydroxyl groups is 1. The molecule has 1 heterocycles. The van der Waals surface area contributed by atoms with Gasteiger partial charge in [-0.25, -0.2) is 0 Å². The van der Waals surface area contributed by atoms with Gasteiger partial charge in [-0.15, -0.1) is 0 Å². The van der Waals surface area contributed by atoms with E-state index in [4.69, 9.17) is 0 Å². The van der Waals surface area contributed by atoms with E-state index in [9.17, 15) is 14.7 Å². The number of carbonyl (C=O) groups is 2. The molecule has 1 aliphatic heterocycles. The van der Waals surface area contributed by atoms with Gasteiger partial charge in [0.25, 0.3) is 0 Å².